The molecule has 1 aliphatic heterocycles. The molecule has 0 radical (unpaired) electrons. The normalized spacial score (nSPS) is 16.1. The van der Waals surface area contributed by atoms with Crippen molar-refractivity contribution in [1.29, 1.82) is 0 Å². The number of benzene rings is 1. The number of nitrogens with one attached hydrogen (secondary N) is 1. The molecule has 20 heavy (non-hydrogen) atoms. The Bertz CT molecular complexity index is 581. The molecule has 3 rings (SSSR count). The molecule has 1 saturated heterocycles. The molecule has 1 aliphatic rings. The van der Waals surface area contributed by atoms with Crippen LogP contribution in [0.3, 0.4) is 0 Å². The van der Waals surface area contributed by atoms with Crippen molar-refractivity contribution >= 4 is 35.1 Å². The first kappa shape index (κ1) is 14.8. The number of piperidine rings is 1. The molecule has 0 saturated carbocycles. The number of hydrogen-bond donors (Lipinski definition) is 2. The molecule has 1 fully saturated rings. The molecule has 0 atom stereocenters. The molecule has 0 bridgehead atoms. The third-order valence-electron chi connectivity index (χ3n) is 3.78. The van der Waals surface area contributed by atoms with Crippen LogP contribution in [0.15, 0.2) is 24.3 Å². The average Bonchev–Trinajstić information content (AvgIpc) is 2.47. The van der Waals surface area contributed by atoms with Gasteiger partial charge in [-0.15, -0.1) is 12.4 Å². The fourth-order valence-corrected chi connectivity index (χ4v) is 2.62. The SMILES string of the molecule is CNC1CCN(c2nc3ccccc3nc2N)CC1.Cl. The van der Waals surface area contributed by atoms with E-state index in [1.165, 1.54) is 0 Å². The maximum absolute atomic E-state index is 6.05. The third-order valence-corrected chi connectivity index (χ3v) is 3.78. The van der Waals surface area contributed by atoms with Crippen molar-refractivity contribution in [2.45, 2.75) is 18.9 Å². The molecule has 5 nitrogen and oxygen atoms in total. The van der Waals surface area contributed by atoms with Gasteiger partial charge in [-0.2, -0.15) is 0 Å². The van der Waals surface area contributed by atoms with Crippen LogP contribution in [0.25, 0.3) is 11.0 Å². The summed E-state index contributed by atoms with van der Waals surface area (Å²) in [5, 5.41) is 3.33. The number of nitrogen functional groups attached to an aromatic ring is 1. The maximum atomic E-state index is 6.05. The zero-order chi connectivity index (χ0) is 13.2. The van der Waals surface area contributed by atoms with E-state index in [4.69, 9.17) is 5.73 Å². The van der Waals surface area contributed by atoms with Crippen LogP contribution < -0.4 is 16.0 Å². The van der Waals surface area contributed by atoms with Gasteiger partial charge < -0.3 is 16.0 Å². The Hall–Kier alpha value is -1.59. The topological polar surface area (TPSA) is 67.1 Å². The maximum Gasteiger partial charge on any atom is 0.172 e. The molecule has 0 spiro atoms. The number of hydrogen-bond acceptors (Lipinski definition) is 5. The van der Waals surface area contributed by atoms with Gasteiger partial charge in [0, 0.05) is 19.1 Å². The second-order valence-corrected chi connectivity index (χ2v) is 4.97. The van der Waals surface area contributed by atoms with E-state index in [-0.39, 0.29) is 12.4 Å². The van der Waals surface area contributed by atoms with E-state index in [2.05, 4.69) is 20.2 Å². The summed E-state index contributed by atoms with van der Waals surface area (Å²) in [7, 11) is 2.02. The van der Waals surface area contributed by atoms with Gasteiger partial charge in [-0.3, -0.25) is 0 Å². The Balaban J connectivity index is 0.00000147. The average molecular weight is 294 g/mol. The quantitative estimate of drug-likeness (QED) is 0.884. The Morgan fingerprint density at radius 2 is 1.75 bits per heavy atom. The van der Waals surface area contributed by atoms with Crippen LogP contribution in [0.4, 0.5) is 11.6 Å². The first-order valence-electron chi connectivity index (χ1n) is 6.72. The second kappa shape index (κ2) is 6.24. The lowest BCUT2D eigenvalue weighted by Gasteiger charge is -2.33. The van der Waals surface area contributed by atoms with Crippen molar-refractivity contribution in [3.63, 3.8) is 0 Å². The summed E-state index contributed by atoms with van der Waals surface area (Å²) >= 11 is 0. The van der Waals surface area contributed by atoms with Crippen LogP contribution in [0.2, 0.25) is 0 Å². The summed E-state index contributed by atoms with van der Waals surface area (Å²) in [6, 6.07) is 8.45. The number of nitrogens with zero attached hydrogens (tertiary/aromatic N) is 3. The van der Waals surface area contributed by atoms with Gasteiger partial charge in [-0.25, -0.2) is 9.97 Å². The molecular weight excluding hydrogens is 274 g/mol. The van der Waals surface area contributed by atoms with Crippen LogP contribution >= 0.6 is 12.4 Å². The minimum absolute atomic E-state index is 0. The summed E-state index contributed by atoms with van der Waals surface area (Å²) in [6.45, 7) is 1.95. The minimum Gasteiger partial charge on any atom is -0.381 e. The Morgan fingerprint density at radius 1 is 1.15 bits per heavy atom. The number of anilines is 2. The molecule has 1 aromatic heterocycles. The monoisotopic (exact) mass is 293 g/mol. The molecule has 2 heterocycles. The zero-order valence-electron chi connectivity index (χ0n) is 11.5. The van der Waals surface area contributed by atoms with Crippen molar-refractivity contribution in [2.24, 2.45) is 0 Å². The van der Waals surface area contributed by atoms with Crippen molar-refractivity contribution in [1.82, 2.24) is 15.3 Å². The lowest BCUT2D eigenvalue weighted by molar-refractivity contribution is 0.441. The number of rotatable bonds is 2. The van der Waals surface area contributed by atoms with Gasteiger partial charge >= 0.3 is 0 Å². The van der Waals surface area contributed by atoms with Crippen LogP contribution in [-0.4, -0.2) is 36.1 Å². The first-order valence-corrected chi connectivity index (χ1v) is 6.72. The molecule has 3 N–H and O–H groups in total. The van der Waals surface area contributed by atoms with Gasteiger partial charge in [0.2, 0.25) is 0 Å². The van der Waals surface area contributed by atoms with E-state index in [0.29, 0.717) is 11.9 Å². The molecule has 0 aliphatic carbocycles. The largest absolute Gasteiger partial charge is 0.381 e. The van der Waals surface area contributed by atoms with Gasteiger partial charge in [-0.05, 0) is 32.0 Å². The van der Waals surface area contributed by atoms with E-state index in [1.54, 1.807) is 0 Å². The molecule has 0 amide bonds. The van der Waals surface area contributed by atoms with E-state index in [1.807, 2.05) is 31.3 Å². The molecule has 6 heteroatoms. The Morgan fingerprint density at radius 3 is 2.35 bits per heavy atom. The second-order valence-electron chi connectivity index (χ2n) is 4.97. The number of aromatic nitrogens is 2. The van der Waals surface area contributed by atoms with E-state index >= 15 is 0 Å². The lowest BCUT2D eigenvalue weighted by Crippen LogP contribution is -2.41. The first-order chi connectivity index (χ1) is 9.28. The molecule has 0 unspecified atom stereocenters. The summed E-state index contributed by atoms with van der Waals surface area (Å²) in [4.78, 5) is 11.4. The highest BCUT2D eigenvalue weighted by atomic mass is 35.5. The fourth-order valence-electron chi connectivity index (χ4n) is 2.62. The van der Waals surface area contributed by atoms with Crippen molar-refractivity contribution in [3.8, 4) is 0 Å². The highest BCUT2D eigenvalue weighted by Crippen LogP contribution is 2.25. The predicted octanol–water partition coefficient (Wildman–Crippen LogP) is 1.82. The standard InChI is InChI=1S/C14H19N5.ClH/c1-16-10-6-8-19(9-7-10)14-13(15)17-11-4-2-3-5-12(11)18-14;/h2-5,10,16H,6-9H2,1H3,(H2,15,17);1H. The van der Waals surface area contributed by atoms with Crippen LogP contribution in [0, 0.1) is 0 Å². The number of halogens is 1. The summed E-state index contributed by atoms with van der Waals surface area (Å²) in [5.41, 5.74) is 7.81. The van der Waals surface area contributed by atoms with Gasteiger partial charge in [-0.1, -0.05) is 12.1 Å². The van der Waals surface area contributed by atoms with Crippen molar-refractivity contribution < 1.29 is 0 Å². The van der Waals surface area contributed by atoms with E-state index in [0.717, 1.165) is 42.8 Å². The molecule has 2 aromatic rings. The summed E-state index contributed by atoms with van der Waals surface area (Å²) in [5.74, 6) is 1.36. The van der Waals surface area contributed by atoms with Crippen LogP contribution in [-0.2, 0) is 0 Å². The summed E-state index contributed by atoms with van der Waals surface area (Å²) < 4.78 is 0. The Labute approximate surface area is 125 Å². The predicted molar refractivity (Wildman–Crippen MR) is 85.5 cm³/mol. The van der Waals surface area contributed by atoms with Crippen molar-refractivity contribution in [3.05, 3.63) is 24.3 Å². The molecule has 108 valence electrons. The lowest BCUT2D eigenvalue weighted by atomic mass is 10.1. The van der Waals surface area contributed by atoms with Crippen molar-refractivity contribution in [2.75, 3.05) is 30.8 Å². The highest BCUT2D eigenvalue weighted by molar-refractivity contribution is 5.85. The Kier molecular flexibility index (Phi) is 4.62. The van der Waals surface area contributed by atoms with E-state index in [9.17, 15) is 0 Å². The third kappa shape index (κ3) is 2.78. The number of nitrogens with two attached hydrogens (primary N) is 1. The number of para-hydroxylation sites is 2. The molecule has 1 aromatic carbocycles. The van der Waals surface area contributed by atoms with Gasteiger partial charge in [0.15, 0.2) is 11.6 Å². The summed E-state index contributed by atoms with van der Waals surface area (Å²) in [6.07, 6.45) is 2.23. The van der Waals surface area contributed by atoms with Crippen LogP contribution in [0.1, 0.15) is 12.8 Å². The van der Waals surface area contributed by atoms with E-state index < -0.39 is 0 Å². The number of fused-ring (bicyclic) bond motifs is 1. The minimum atomic E-state index is 0. The van der Waals surface area contributed by atoms with Crippen LogP contribution in [0.5, 0.6) is 0 Å². The zero-order valence-corrected chi connectivity index (χ0v) is 12.4. The van der Waals surface area contributed by atoms with Gasteiger partial charge in [0.1, 0.15) is 0 Å². The fraction of sp³-hybridized carbons (Fsp3) is 0.429. The smallest absolute Gasteiger partial charge is 0.172 e. The van der Waals surface area contributed by atoms with Gasteiger partial charge in [0.25, 0.3) is 0 Å². The van der Waals surface area contributed by atoms with Gasteiger partial charge in [0.05, 0.1) is 11.0 Å². The highest BCUT2D eigenvalue weighted by Gasteiger charge is 2.21. The molecular formula is C14H20ClN5.